The molecule has 0 amide bonds. The maximum Gasteiger partial charge on any atom is 0.0931 e. The van der Waals surface area contributed by atoms with Gasteiger partial charge in [-0.25, -0.2) is 4.98 Å². The van der Waals surface area contributed by atoms with Crippen molar-refractivity contribution in [1.29, 1.82) is 0 Å². The fourth-order valence-corrected chi connectivity index (χ4v) is 3.57. The number of nitrogens with zero attached hydrogens (tertiary/aromatic N) is 1. The molecule has 0 aliphatic rings. The van der Waals surface area contributed by atoms with Gasteiger partial charge in [-0.15, -0.1) is 0 Å². The highest BCUT2D eigenvalue weighted by Gasteiger charge is 2.18. The molecule has 4 aromatic rings. The molecule has 0 fully saturated rings. The molecule has 2 unspecified atom stereocenters. The molecule has 0 bridgehead atoms. The molecule has 0 aliphatic carbocycles. The third-order valence-corrected chi connectivity index (χ3v) is 5.05. The number of benzene rings is 2. The number of hydrogen-bond donors (Lipinski definition) is 3. The normalized spacial score (nSPS) is 13.9. The van der Waals surface area contributed by atoms with E-state index in [1.54, 1.807) is 17.7 Å². The lowest BCUT2D eigenvalue weighted by Crippen LogP contribution is -2.26. The van der Waals surface area contributed by atoms with Gasteiger partial charge in [0.25, 0.3) is 0 Å². The topological polar surface area (TPSA) is 80.7 Å². The van der Waals surface area contributed by atoms with Crippen molar-refractivity contribution >= 4 is 22.4 Å². The number of aromatic amines is 1. The molecule has 5 N–H and O–H groups in total. The summed E-state index contributed by atoms with van der Waals surface area (Å²) in [6.07, 6.45) is 1.68. The second-order valence-corrected chi connectivity index (χ2v) is 6.64. The van der Waals surface area contributed by atoms with Gasteiger partial charge in [-0.1, -0.05) is 30.3 Å². The van der Waals surface area contributed by atoms with Crippen LogP contribution in [-0.4, -0.2) is 9.97 Å². The highest BCUT2D eigenvalue weighted by molar-refractivity contribution is 7.08. The van der Waals surface area contributed by atoms with Crippen LogP contribution < -0.4 is 11.5 Å². The molecule has 0 saturated heterocycles. The Bertz CT molecular complexity index is 941. The Labute approximate surface area is 144 Å². The summed E-state index contributed by atoms with van der Waals surface area (Å²) in [6.45, 7) is 0. The van der Waals surface area contributed by atoms with Gasteiger partial charge in [0.15, 0.2) is 0 Å². The third-order valence-electron chi connectivity index (χ3n) is 4.37. The van der Waals surface area contributed by atoms with Gasteiger partial charge in [-0.2, -0.15) is 11.3 Å². The Hall–Kier alpha value is -2.47. The lowest BCUT2D eigenvalue weighted by atomic mass is 9.93. The van der Waals surface area contributed by atoms with Crippen LogP contribution in [0.1, 0.15) is 23.2 Å². The van der Waals surface area contributed by atoms with Crippen LogP contribution in [0.15, 0.2) is 65.6 Å². The van der Waals surface area contributed by atoms with Crippen molar-refractivity contribution in [2.24, 2.45) is 11.5 Å². The highest BCUT2D eigenvalue weighted by atomic mass is 32.1. The first-order valence-corrected chi connectivity index (χ1v) is 8.73. The largest absolute Gasteiger partial charge is 0.345 e. The number of thiophene rings is 1. The lowest BCUT2D eigenvalue weighted by molar-refractivity contribution is 0.575. The number of fused-ring (bicyclic) bond motifs is 1. The van der Waals surface area contributed by atoms with E-state index in [0.29, 0.717) is 0 Å². The average molecular weight is 334 g/mol. The van der Waals surface area contributed by atoms with E-state index in [2.05, 4.69) is 51.1 Å². The number of imidazole rings is 1. The van der Waals surface area contributed by atoms with Crippen molar-refractivity contribution in [2.45, 2.75) is 12.1 Å². The van der Waals surface area contributed by atoms with Crippen molar-refractivity contribution in [3.63, 3.8) is 0 Å². The molecule has 2 atom stereocenters. The molecule has 24 heavy (non-hydrogen) atoms. The summed E-state index contributed by atoms with van der Waals surface area (Å²) in [5.74, 6) is 0. The van der Waals surface area contributed by atoms with E-state index in [-0.39, 0.29) is 12.1 Å². The van der Waals surface area contributed by atoms with E-state index >= 15 is 0 Å². The van der Waals surface area contributed by atoms with Crippen LogP contribution in [-0.2, 0) is 0 Å². The maximum absolute atomic E-state index is 6.41. The standard InChI is InChI=1S/C19H18N4S/c20-18(13-3-1-12(2-4-13)15-7-8-24-10-15)19(21)14-5-6-16-17(9-14)23-11-22-16/h1-11,18-19H,20-21H2,(H,22,23). The number of hydrogen-bond acceptors (Lipinski definition) is 4. The van der Waals surface area contributed by atoms with Gasteiger partial charge in [0, 0.05) is 12.1 Å². The predicted octanol–water partition coefficient (Wildman–Crippen LogP) is 3.99. The monoisotopic (exact) mass is 334 g/mol. The zero-order valence-electron chi connectivity index (χ0n) is 13.0. The van der Waals surface area contributed by atoms with Gasteiger partial charge >= 0.3 is 0 Å². The summed E-state index contributed by atoms with van der Waals surface area (Å²) in [5.41, 5.74) is 19.2. The molecule has 4 nitrogen and oxygen atoms in total. The molecule has 120 valence electrons. The Kier molecular flexibility index (Phi) is 3.90. The van der Waals surface area contributed by atoms with E-state index < -0.39 is 0 Å². The van der Waals surface area contributed by atoms with Crippen LogP contribution in [0.25, 0.3) is 22.2 Å². The zero-order valence-corrected chi connectivity index (χ0v) is 13.8. The van der Waals surface area contributed by atoms with Crippen LogP contribution in [0.5, 0.6) is 0 Å². The minimum absolute atomic E-state index is 0.262. The summed E-state index contributed by atoms with van der Waals surface area (Å²) >= 11 is 1.70. The van der Waals surface area contributed by atoms with Gasteiger partial charge in [0.2, 0.25) is 0 Å². The van der Waals surface area contributed by atoms with Crippen molar-refractivity contribution in [3.8, 4) is 11.1 Å². The molecule has 0 spiro atoms. The predicted molar refractivity (Wildman–Crippen MR) is 99.7 cm³/mol. The van der Waals surface area contributed by atoms with Crippen LogP contribution in [0, 0.1) is 0 Å². The van der Waals surface area contributed by atoms with Crippen LogP contribution in [0.3, 0.4) is 0 Å². The quantitative estimate of drug-likeness (QED) is 0.528. The Balaban J connectivity index is 1.58. The summed E-state index contributed by atoms with van der Waals surface area (Å²) < 4.78 is 0. The van der Waals surface area contributed by atoms with Crippen LogP contribution in [0.4, 0.5) is 0 Å². The SMILES string of the molecule is NC(c1ccc(-c2ccsc2)cc1)C(N)c1ccc2nc[nH]c2c1. The summed E-state index contributed by atoms with van der Waals surface area (Å²) in [7, 11) is 0. The molecule has 0 saturated carbocycles. The smallest absolute Gasteiger partial charge is 0.0931 e. The fourth-order valence-electron chi connectivity index (χ4n) is 2.90. The molecule has 0 aliphatic heterocycles. The minimum Gasteiger partial charge on any atom is -0.345 e. The first kappa shape index (κ1) is 15.1. The molecular weight excluding hydrogens is 316 g/mol. The fraction of sp³-hybridized carbons (Fsp3) is 0.105. The van der Waals surface area contributed by atoms with Crippen LogP contribution >= 0.6 is 11.3 Å². The van der Waals surface area contributed by atoms with E-state index in [9.17, 15) is 0 Å². The second-order valence-electron chi connectivity index (χ2n) is 5.86. The number of rotatable bonds is 4. The Morgan fingerprint density at radius 2 is 1.62 bits per heavy atom. The third kappa shape index (κ3) is 2.73. The molecule has 5 heteroatoms. The van der Waals surface area contributed by atoms with E-state index in [4.69, 9.17) is 11.5 Å². The Morgan fingerprint density at radius 3 is 2.38 bits per heavy atom. The average Bonchev–Trinajstić information content (AvgIpc) is 3.31. The second kappa shape index (κ2) is 6.20. The van der Waals surface area contributed by atoms with Crippen molar-refractivity contribution in [3.05, 3.63) is 76.7 Å². The summed E-state index contributed by atoms with van der Waals surface area (Å²) in [5, 5.41) is 4.22. The number of aromatic nitrogens is 2. The number of H-pyrrole nitrogens is 1. The van der Waals surface area contributed by atoms with E-state index in [0.717, 1.165) is 22.2 Å². The molecule has 2 aromatic carbocycles. The van der Waals surface area contributed by atoms with Crippen LogP contribution in [0.2, 0.25) is 0 Å². The lowest BCUT2D eigenvalue weighted by Gasteiger charge is -2.21. The first-order chi connectivity index (χ1) is 11.7. The van der Waals surface area contributed by atoms with E-state index in [1.165, 1.54) is 11.1 Å². The van der Waals surface area contributed by atoms with Gasteiger partial charge < -0.3 is 16.5 Å². The van der Waals surface area contributed by atoms with Gasteiger partial charge in [0.05, 0.1) is 17.4 Å². The molecule has 2 aromatic heterocycles. The van der Waals surface area contributed by atoms with Gasteiger partial charge in [0.1, 0.15) is 0 Å². The number of nitrogens with two attached hydrogens (primary N) is 2. The molecule has 4 rings (SSSR count). The van der Waals surface area contributed by atoms with E-state index in [1.807, 2.05) is 18.2 Å². The zero-order chi connectivity index (χ0) is 16.5. The molecule has 0 radical (unpaired) electrons. The Morgan fingerprint density at radius 1 is 0.875 bits per heavy atom. The molecule has 2 heterocycles. The van der Waals surface area contributed by atoms with Crippen molar-refractivity contribution in [1.82, 2.24) is 9.97 Å². The maximum atomic E-state index is 6.41. The van der Waals surface area contributed by atoms with Crippen molar-refractivity contribution < 1.29 is 0 Å². The van der Waals surface area contributed by atoms with Gasteiger partial charge in [-0.3, -0.25) is 0 Å². The van der Waals surface area contributed by atoms with Crippen molar-refractivity contribution in [2.75, 3.05) is 0 Å². The highest BCUT2D eigenvalue weighted by Crippen LogP contribution is 2.29. The first-order valence-electron chi connectivity index (χ1n) is 7.79. The number of nitrogens with one attached hydrogen (secondary N) is 1. The minimum atomic E-state index is -0.273. The van der Waals surface area contributed by atoms with Gasteiger partial charge in [-0.05, 0) is 51.2 Å². The summed E-state index contributed by atoms with van der Waals surface area (Å²) in [6, 6.07) is 15.9. The summed E-state index contributed by atoms with van der Waals surface area (Å²) in [4.78, 5) is 7.34. The molecular formula is C19H18N4S.